The molecule has 2 nitrogen and oxygen atoms in total. The molecule has 0 amide bonds. The van der Waals surface area contributed by atoms with Crippen LogP contribution in [0.15, 0.2) is 11.4 Å². The van der Waals surface area contributed by atoms with Gasteiger partial charge in [0, 0.05) is 12.3 Å². The van der Waals surface area contributed by atoms with Crippen LogP contribution in [-0.4, -0.2) is 15.3 Å². The van der Waals surface area contributed by atoms with E-state index in [2.05, 4.69) is 11.2 Å². The fraction of sp³-hybridized carbons (Fsp3) is 0.400. The van der Waals surface area contributed by atoms with E-state index in [1.807, 2.05) is 4.57 Å². The third-order valence-corrected chi connectivity index (χ3v) is 2.14. The van der Waals surface area contributed by atoms with Gasteiger partial charge in [0.1, 0.15) is 0 Å². The maximum Gasteiger partial charge on any atom is 0.168 e. The highest BCUT2D eigenvalue weighted by Crippen LogP contribution is 2.21. The maximum absolute atomic E-state index is 4.07. The van der Waals surface area contributed by atoms with Gasteiger partial charge in [0.2, 0.25) is 0 Å². The normalized spacial score (nSPS) is 16.5. The summed E-state index contributed by atoms with van der Waals surface area (Å²) in [6.45, 7) is 1.08. The summed E-state index contributed by atoms with van der Waals surface area (Å²) in [6.07, 6.45) is 4.73. The van der Waals surface area contributed by atoms with Gasteiger partial charge in [0.05, 0.1) is 12.4 Å². The molecule has 1 aliphatic rings. The van der Waals surface area contributed by atoms with Crippen LogP contribution >= 0.6 is 11.8 Å². The number of nitrogens with zero attached hydrogens (tertiary/aromatic N) is 2. The quantitative estimate of drug-likeness (QED) is 0.510. The van der Waals surface area contributed by atoms with E-state index >= 15 is 0 Å². The number of aryl methyl sites for hydroxylation is 1. The molecule has 41 valence electrons. The predicted octanol–water partition coefficient (Wildman–Crippen LogP) is 0.789. The van der Waals surface area contributed by atoms with Crippen LogP contribution in [0.4, 0.5) is 0 Å². The van der Waals surface area contributed by atoms with Crippen molar-refractivity contribution in [2.75, 3.05) is 5.75 Å². The van der Waals surface area contributed by atoms with Crippen molar-refractivity contribution in [3.8, 4) is 0 Å². The Kier molecular flexibility index (Phi) is 0.842. The summed E-state index contributed by atoms with van der Waals surface area (Å²) < 4.78 is 2.05. The van der Waals surface area contributed by atoms with E-state index in [0.29, 0.717) is 0 Å². The lowest BCUT2D eigenvalue weighted by Crippen LogP contribution is -1.89. The Balaban J connectivity index is 2.54. The zero-order valence-corrected chi connectivity index (χ0v) is 5.11. The molecule has 0 fully saturated rings. The molecule has 0 aliphatic carbocycles. The van der Waals surface area contributed by atoms with E-state index < -0.39 is 0 Å². The van der Waals surface area contributed by atoms with E-state index in [-0.39, 0.29) is 0 Å². The van der Waals surface area contributed by atoms with Crippen LogP contribution in [0.5, 0.6) is 0 Å². The number of fused-ring (bicyclic) bond motifs is 1. The van der Waals surface area contributed by atoms with Crippen LogP contribution < -0.4 is 0 Å². The van der Waals surface area contributed by atoms with Crippen molar-refractivity contribution in [1.82, 2.24) is 9.55 Å². The smallest absolute Gasteiger partial charge is 0.168 e. The molecule has 2 heterocycles. The molecule has 1 radical (unpaired) electrons. The highest BCUT2D eigenvalue weighted by molar-refractivity contribution is 7.99. The van der Waals surface area contributed by atoms with E-state index in [1.165, 1.54) is 5.75 Å². The van der Waals surface area contributed by atoms with Crippen LogP contribution in [0.3, 0.4) is 0 Å². The zero-order chi connectivity index (χ0) is 5.40. The molecule has 8 heavy (non-hydrogen) atoms. The number of aromatic nitrogens is 2. The number of thioether (sulfide) groups is 1. The zero-order valence-electron chi connectivity index (χ0n) is 4.29. The lowest BCUT2D eigenvalue weighted by molar-refractivity contribution is 0.715. The van der Waals surface area contributed by atoms with Gasteiger partial charge < -0.3 is 4.57 Å². The second-order valence-electron chi connectivity index (χ2n) is 1.67. The van der Waals surface area contributed by atoms with Gasteiger partial charge in [-0.3, -0.25) is 0 Å². The number of hydrogen-bond donors (Lipinski definition) is 0. The first-order valence-electron chi connectivity index (χ1n) is 2.53. The number of imidazole rings is 1. The lowest BCUT2D eigenvalue weighted by Gasteiger charge is -1.85. The Morgan fingerprint density at radius 1 is 1.88 bits per heavy atom. The summed E-state index contributed by atoms with van der Waals surface area (Å²) >= 11 is 1.80. The Bertz CT molecular complexity index is 176. The first-order chi connectivity index (χ1) is 3.97. The number of rotatable bonds is 0. The first-order valence-corrected chi connectivity index (χ1v) is 3.51. The standard InChI is InChI=1S/C5H5N2S/c1-2-7-3-4-8-5(7)6-1/h1H,3-4H2. The van der Waals surface area contributed by atoms with Crippen LogP contribution in [0.2, 0.25) is 0 Å². The van der Waals surface area contributed by atoms with Crippen LogP contribution in [0.1, 0.15) is 0 Å². The first kappa shape index (κ1) is 4.44. The van der Waals surface area contributed by atoms with Crippen molar-refractivity contribution in [3.05, 3.63) is 12.4 Å². The predicted molar refractivity (Wildman–Crippen MR) is 31.8 cm³/mol. The Hall–Kier alpha value is -0.440. The molecule has 1 aromatic heterocycles. The third-order valence-electron chi connectivity index (χ3n) is 1.17. The molecule has 0 N–H and O–H groups in total. The molecular weight excluding hydrogens is 120 g/mol. The average Bonchev–Trinajstić information content (AvgIpc) is 2.15. The third kappa shape index (κ3) is 0.478. The molecule has 0 unspecified atom stereocenters. The Morgan fingerprint density at radius 3 is 3.75 bits per heavy atom. The highest BCUT2D eigenvalue weighted by atomic mass is 32.2. The SMILES string of the molecule is [c]1cnc2n1CCS2. The minimum atomic E-state index is 1.08. The van der Waals surface area contributed by atoms with Crippen molar-refractivity contribution in [2.24, 2.45) is 0 Å². The molecule has 0 aromatic carbocycles. The molecule has 0 saturated heterocycles. The molecule has 1 aliphatic heterocycles. The average molecular weight is 125 g/mol. The molecule has 0 bridgehead atoms. The topological polar surface area (TPSA) is 17.8 Å². The second kappa shape index (κ2) is 1.52. The van der Waals surface area contributed by atoms with Gasteiger partial charge in [0.25, 0.3) is 0 Å². The van der Waals surface area contributed by atoms with Gasteiger partial charge in [0.15, 0.2) is 5.16 Å². The van der Waals surface area contributed by atoms with E-state index in [9.17, 15) is 0 Å². The maximum atomic E-state index is 4.07. The minimum Gasteiger partial charge on any atom is -0.317 e. The summed E-state index contributed by atoms with van der Waals surface area (Å²) in [5.41, 5.74) is 0. The molecule has 0 spiro atoms. The minimum absolute atomic E-state index is 1.08. The van der Waals surface area contributed by atoms with Crippen LogP contribution in [0, 0.1) is 6.20 Å². The molecule has 2 rings (SSSR count). The van der Waals surface area contributed by atoms with Crippen molar-refractivity contribution >= 4 is 11.8 Å². The van der Waals surface area contributed by atoms with Crippen molar-refractivity contribution < 1.29 is 0 Å². The molecule has 0 atom stereocenters. The molecule has 0 saturated carbocycles. The largest absolute Gasteiger partial charge is 0.317 e. The Morgan fingerprint density at radius 2 is 2.88 bits per heavy atom. The Labute approximate surface area is 51.9 Å². The van der Waals surface area contributed by atoms with Gasteiger partial charge in [-0.2, -0.15) is 0 Å². The fourth-order valence-electron chi connectivity index (χ4n) is 0.782. The second-order valence-corrected chi connectivity index (χ2v) is 2.73. The monoisotopic (exact) mass is 125 g/mol. The van der Waals surface area contributed by atoms with Gasteiger partial charge in [-0.05, 0) is 0 Å². The summed E-state index contributed by atoms with van der Waals surface area (Å²) in [6, 6.07) is 0. The summed E-state index contributed by atoms with van der Waals surface area (Å²) in [5, 5.41) is 1.12. The lowest BCUT2D eigenvalue weighted by atomic mass is 10.7. The van der Waals surface area contributed by atoms with E-state index in [0.717, 1.165) is 11.7 Å². The summed E-state index contributed by atoms with van der Waals surface area (Å²) in [4.78, 5) is 4.07. The van der Waals surface area contributed by atoms with E-state index in [4.69, 9.17) is 0 Å². The fourth-order valence-corrected chi connectivity index (χ4v) is 1.67. The molecule has 3 heteroatoms. The van der Waals surface area contributed by atoms with Gasteiger partial charge in [-0.25, -0.2) is 4.98 Å². The van der Waals surface area contributed by atoms with Crippen LogP contribution in [0.25, 0.3) is 0 Å². The van der Waals surface area contributed by atoms with Crippen molar-refractivity contribution in [1.29, 1.82) is 0 Å². The number of hydrogen-bond acceptors (Lipinski definition) is 2. The highest BCUT2D eigenvalue weighted by Gasteiger charge is 2.09. The molecular formula is C5H5N2S. The van der Waals surface area contributed by atoms with Crippen molar-refractivity contribution in [2.45, 2.75) is 11.7 Å². The van der Waals surface area contributed by atoms with Gasteiger partial charge in [-0.15, -0.1) is 0 Å². The van der Waals surface area contributed by atoms with Crippen molar-refractivity contribution in [3.63, 3.8) is 0 Å². The van der Waals surface area contributed by atoms with Crippen LogP contribution in [-0.2, 0) is 6.54 Å². The van der Waals surface area contributed by atoms with Gasteiger partial charge >= 0.3 is 0 Å². The van der Waals surface area contributed by atoms with Gasteiger partial charge in [-0.1, -0.05) is 11.8 Å². The summed E-state index contributed by atoms with van der Waals surface area (Å²) in [5.74, 6) is 1.17. The van der Waals surface area contributed by atoms with E-state index in [1.54, 1.807) is 18.0 Å². The molecule has 1 aromatic rings. The summed E-state index contributed by atoms with van der Waals surface area (Å²) in [7, 11) is 0.